The van der Waals surface area contributed by atoms with Gasteiger partial charge in [0.1, 0.15) is 6.54 Å². The lowest BCUT2D eigenvalue weighted by molar-refractivity contribution is -0.132. The number of hydrogen-bond donors (Lipinski definition) is 1. The van der Waals surface area contributed by atoms with Gasteiger partial charge in [-0.15, -0.1) is 0 Å². The minimum atomic E-state index is -0.554. The number of amides is 1. The summed E-state index contributed by atoms with van der Waals surface area (Å²) in [5.74, 6) is -0.0992. The van der Waals surface area contributed by atoms with Crippen LogP contribution in [0.2, 0.25) is 0 Å². The van der Waals surface area contributed by atoms with E-state index in [2.05, 4.69) is 10.4 Å². The van der Waals surface area contributed by atoms with Gasteiger partial charge in [-0.1, -0.05) is 0 Å². The zero-order valence-electron chi connectivity index (χ0n) is 11.3. The van der Waals surface area contributed by atoms with Crippen LogP contribution in [0.3, 0.4) is 0 Å². The summed E-state index contributed by atoms with van der Waals surface area (Å²) in [5, 5.41) is 4.06. The third-order valence-corrected chi connectivity index (χ3v) is 4.41. The molecule has 1 N–H and O–H groups in total. The number of thiophene rings is 1. The standard InChI is InChI=1S/C14H15N3O3S/c18-12-3-6-16(14(20)15-12)8-13(19)17-5-1-2-11(17)10-4-7-21-9-10/h3-4,6-7,9,11H,1-2,5,8H2,(H,15,18,20)/t11-/m1/s1. The molecule has 2 aromatic heterocycles. The maximum Gasteiger partial charge on any atom is 0.328 e. The quantitative estimate of drug-likeness (QED) is 0.918. The van der Waals surface area contributed by atoms with Crippen molar-refractivity contribution in [1.82, 2.24) is 14.5 Å². The summed E-state index contributed by atoms with van der Waals surface area (Å²) in [6.45, 7) is 0.660. The fraction of sp³-hybridized carbons (Fsp3) is 0.357. The Morgan fingerprint density at radius 3 is 2.95 bits per heavy atom. The largest absolute Gasteiger partial charge is 0.334 e. The Bertz CT molecular complexity index is 747. The van der Waals surface area contributed by atoms with Gasteiger partial charge in [0.25, 0.3) is 5.56 Å². The second kappa shape index (κ2) is 5.69. The Balaban J connectivity index is 1.78. The molecule has 0 spiro atoms. The fourth-order valence-electron chi connectivity index (χ4n) is 2.68. The minimum absolute atomic E-state index is 0.0454. The highest BCUT2D eigenvalue weighted by molar-refractivity contribution is 7.07. The zero-order valence-corrected chi connectivity index (χ0v) is 12.1. The monoisotopic (exact) mass is 305 g/mol. The van der Waals surface area contributed by atoms with Crippen LogP contribution in [0, 0.1) is 0 Å². The molecule has 3 heterocycles. The van der Waals surface area contributed by atoms with Crippen LogP contribution in [0.1, 0.15) is 24.4 Å². The Labute approximate surface area is 124 Å². The van der Waals surface area contributed by atoms with E-state index in [1.54, 1.807) is 11.3 Å². The Morgan fingerprint density at radius 1 is 1.38 bits per heavy atom. The Morgan fingerprint density at radius 2 is 2.24 bits per heavy atom. The molecule has 1 aliphatic heterocycles. The first-order valence-corrected chi connectivity index (χ1v) is 7.71. The molecule has 0 bridgehead atoms. The van der Waals surface area contributed by atoms with E-state index in [0.29, 0.717) is 6.54 Å². The van der Waals surface area contributed by atoms with E-state index in [1.165, 1.54) is 16.8 Å². The van der Waals surface area contributed by atoms with Gasteiger partial charge in [0.05, 0.1) is 6.04 Å². The molecule has 6 nitrogen and oxygen atoms in total. The van der Waals surface area contributed by atoms with Crippen molar-refractivity contribution in [3.8, 4) is 0 Å². The van der Waals surface area contributed by atoms with Crippen molar-refractivity contribution < 1.29 is 4.79 Å². The predicted molar refractivity (Wildman–Crippen MR) is 79.3 cm³/mol. The molecule has 2 aromatic rings. The molecule has 1 aliphatic rings. The number of nitrogens with one attached hydrogen (secondary N) is 1. The number of likely N-dealkylation sites (tertiary alicyclic amines) is 1. The molecular weight excluding hydrogens is 290 g/mol. The normalized spacial score (nSPS) is 18.1. The highest BCUT2D eigenvalue weighted by Gasteiger charge is 2.30. The van der Waals surface area contributed by atoms with E-state index in [9.17, 15) is 14.4 Å². The lowest BCUT2D eigenvalue weighted by atomic mass is 10.1. The van der Waals surface area contributed by atoms with Gasteiger partial charge >= 0.3 is 5.69 Å². The summed E-state index contributed by atoms with van der Waals surface area (Å²) >= 11 is 1.62. The van der Waals surface area contributed by atoms with Gasteiger partial charge in [-0.25, -0.2) is 4.79 Å². The summed E-state index contributed by atoms with van der Waals surface area (Å²) in [5.41, 5.74) is 0.141. The molecule has 3 rings (SSSR count). The van der Waals surface area contributed by atoms with E-state index in [-0.39, 0.29) is 18.5 Å². The van der Waals surface area contributed by atoms with Crippen molar-refractivity contribution in [2.24, 2.45) is 0 Å². The molecule has 0 saturated carbocycles. The van der Waals surface area contributed by atoms with Crippen LogP contribution in [-0.4, -0.2) is 26.9 Å². The van der Waals surface area contributed by atoms with Crippen LogP contribution in [-0.2, 0) is 11.3 Å². The maximum absolute atomic E-state index is 12.4. The second-order valence-corrected chi connectivity index (χ2v) is 5.82. The van der Waals surface area contributed by atoms with Crippen LogP contribution in [0.15, 0.2) is 38.7 Å². The van der Waals surface area contributed by atoms with E-state index < -0.39 is 11.2 Å². The molecule has 0 aliphatic carbocycles. The van der Waals surface area contributed by atoms with Gasteiger partial charge < -0.3 is 4.90 Å². The van der Waals surface area contributed by atoms with Crippen molar-refractivity contribution in [3.05, 3.63) is 55.5 Å². The van der Waals surface area contributed by atoms with Crippen molar-refractivity contribution in [1.29, 1.82) is 0 Å². The first-order chi connectivity index (χ1) is 10.1. The molecule has 0 radical (unpaired) electrons. The molecule has 1 saturated heterocycles. The first-order valence-electron chi connectivity index (χ1n) is 6.76. The lowest BCUT2D eigenvalue weighted by Gasteiger charge is -2.24. The number of aromatic nitrogens is 2. The fourth-order valence-corrected chi connectivity index (χ4v) is 3.39. The van der Waals surface area contributed by atoms with Gasteiger partial charge in [-0.05, 0) is 35.2 Å². The van der Waals surface area contributed by atoms with Crippen molar-refractivity contribution in [3.63, 3.8) is 0 Å². The molecule has 0 unspecified atom stereocenters. The molecule has 1 amide bonds. The number of rotatable bonds is 3. The average Bonchev–Trinajstić information content (AvgIpc) is 3.10. The van der Waals surface area contributed by atoms with Gasteiger partial charge in [-0.3, -0.25) is 19.1 Å². The smallest absolute Gasteiger partial charge is 0.328 e. The molecule has 1 atom stereocenters. The van der Waals surface area contributed by atoms with Crippen LogP contribution in [0.25, 0.3) is 0 Å². The van der Waals surface area contributed by atoms with E-state index in [1.807, 2.05) is 16.3 Å². The Kier molecular flexibility index (Phi) is 3.74. The van der Waals surface area contributed by atoms with Gasteiger partial charge in [-0.2, -0.15) is 11.3 Å². The van der Waals surface area contributed by atoms with Crippen molar-refractivity contribution in [2.45, 2.75) is 25.4 Å². The van der Waals surface area contributed by atoms with E-state index in [0.717, 1.165) is 18.4 Å². The summed E-state index contributed by atoms with van der Waals surface area (Å²) < 4.78 is 1.23. The second-order valence-electron chi connectivity index (χ2n) is 5.04. The molecular formula is C14H15N3O3S. The molecule has 0 aromatic carbocycles. The van der Waals surface area contributed by atoms with Crippen LogP contribution in [0.5, 0.6) is 0 Å². The highest BCUT2D eigenvalue weighted by atomic mass is 32.1. The molecule has 21 heavy (non-hydrogen) atoms. The Hall–Kier alpha value is -2.15. The average molecular weight is 305 g/mol. The summed E-state index contributed by atoms with van der Waals surface area (Å²) in [6, 6.07) is 3.38. The zero-order chi connectivity index (χ0) is 14.8. The summed E-state index contributed by atoms with van der Waals surface area (Å²) in [4.78, 5) is 39.1. The number of hydrogen-bond acceptors (Lipinski definition) is 4. The van der Waals surface area contributed by atoms with E-state index >= 15 is 0 Å². The summed E-state index contributed by atoms with van der Waals surface area (Å²) in [6.07, 6.45) is 3.27. The molecule has 1 fully saturated rings. The van der Waals surface area contributed by atoms with Crippen LogP contribution in [0.4, 0.5) is 0 Å². The highest BCUT2D eigenvalue weighted by Crippen LogP contribution is 2.33. The minimum Gasteiger partial charge on any atom is -0.334 e. The van der Waals surface area contributed by atoms with E-state index in [4.69, 9.17) is 0 Å². The number of carbonyl (C=O) groups excluding carboxylic acids is 1. The first kappa shape index (κ1) is 13.8. The predicted octanol–water partition coefficient (Wildman–Crippen LogP) is 0.962. The third kappa shape index (κ3) is 2.82. The number of aromatic amines is 1. The lowest BCUT2D eigenvalue weighted by Crippen LogP contribution is -2.37. The summed E-state index contributed by atoms with van der Waals surface area (Å²) in [7, 11) is 0. The van der Waals surface area contributed by atoms with Crippen LogP contribution < -0.4 is 11.2 Å². The van der Waals surface area contributed by atoms with Crippen molar-refractivity contribution in [2.75, 3.05) is 6.54 Å². The van der Waals surface area contributed by atoms with Gasteiger partial charge in [0.2, 0.25) is 5.91 Å². The van der Waals surface area contributed by atoms with Gasteiger partial charge in [0, 0.05) is 18.8 Å². The number of carbonyl (C=O) groups is 1. The third-order valence-electron chi connectivity index (χ3n) is 3.70. The number of nitrogens with zero attached hydrogens (tertiary/aromatic N) is 2. The topological polar surface area (TPSA) is 75.2 Å². The van der Waals surface area contributed by atoms with Gasteiger partial charge in [0.15, 0.2) is 0 Å². The SMILES string of the molecule is O=C(Cn1ccc(=O)[nH]c1=O)N1CCC[C@@H]1c1ccsc1. The molecule has 7 heteroatoms. The maximum atomic E-state index is 12.4. The van der Waals surface area contributed by atoms with Crippen molar-refractivity contribution >= 4 is 17.2 Å². The number of H-pyrrole nitrogens is 1. The van der Waals surface area contributed by atoms with Crippen LogP contribution >= 0.6 is 11.3 Å². The molecule has 110 valence electrons.